The summed E-state index contributed by atoms with van der Waals surface area (Å²) in [6.45, 7) is 2.47. The summed E-state index contributed by atoms with van der Waals surface area (Å²) < 4.78 is 82.1. The number of nitrogens with zero attached hydrogens (tertiary/aromatic N) is 2. The molecular formula is C33H54F6N6OS2. The Morgan fingerprint density at radius 3 is 1.38 bits per heavy atom. The van der Waals surface area contributed by atoms with E-state index in [9.17, 15) is 31.1 Å². The lowest BCUT2D eigenvalue weighted by Gasteiger charge is -2.55. The van der Waals surface area contributed by atoms with Crippen LogP contribution in [0.1, 0.15) is 89.9 Å². The first kappa shape index (κ1) is 37.2. The Balaban J connectivity index is 1.02. The first-order valence-electron chi connectivity index (χ1n) is 18.3. The molecule has 6 rings (SSSR count). The molecule has 0 aromatic heterocycles. The molecule has 2 aliphatic heterocycles. The van der Waals surface area contributed by atoms with E-state index in [2.05, 4.69) is 20.4 Å². The van der Waals surface area contributed by atoms with Crippen molar-refractivity contribution in [3.05, 3.63) is 0 Å². The van der Waals surface area contributed by atoms with E-state index in [0.717, 1.165) is 64.5 Å². The average molecular weight is 729 g/mol. The molecule has 12 unspecified atom stereocenters. The molecule has 0 radical (unpaired) electrons. The van der Waals surface area contributed by atoms with Crippen molar-refractivity contribution in [2.75, 3.05) is 26.2 Å². The highest BCUT2D eigenvalue weighted by molar-refractivity contribution is 8.00. The van der Waals surface area contributed by atoms with Crippen LogP contribution in [0.3, 0.4) is 0 Å². The van der Waals surface area contributed by atoms with E-state index >= 15 is 0 Å². The molecule has 0 aromatic rings. The number of urea groups is 1. The lowest BCUT2D eigenvalue weighted by Crippen LogP contribution is -2.63. The summed E-state index contributed by atoms with van der Waals surface area (Å²) in [5.41, 5.74) is 11.7. The molecule has 12 atom stereocenters. The minimum Gasteiger partial charge on any atom is -0.335 e. The molecule has 0 bridgehead atoms. The molecule has 48 heavy (non-hydrogen) atoms. The van der Waals surface area contributed by atoms with Crippen molar-refractivity contribution >= 4 is 29.6 Å². The minimum atomic E-state index is -4.15. The van der Waals surface area contributed by atoms with Gasteiger partial charge in [0.15, 0.2) is 0 Å². The lowest BCUT2D eigenvalue weighted by molar-refractivity contribution is -0.188. The van der Waals surface area contributed by atoms with E-state index in [-0.39, 0.29) is 89.0 Å². The van der Waals surface area contributed by atoms with Gasteiger partial charge in [-0.2, -0.15) is 49.9 Å². The Kier molecular flexibility index (Phi) is 12.0. The van der Waals surface area contributed by atoms with Gasteiger partial charge in [0.25, 0.3) is 0 Å². The van der Waals surface area contributed by atoms with Crippen molar-refractivity contribution in [2.24, 2.45) is 23.3 Å². The van der Waals surface area contributed by atoms with Gasteiger partial charge >= 0.3 is 18.4 Å². The van der Waals surface area contributed by atoms with Gasteiger partial charge in [0.05, 0.1) is 11.8 Å². The van der Waals surface area contributed by atoms with Crippen LogP contribution in [0.15, 0.2) is 0 Å². The molecule has 6 fully saturated rings. The van der Waals surface area contributed by atoms with Crippen LogP contribution in [0, 0.1) is 11.8 Å². The van der Waals surface area contributed by atoms with Crippen molar-refractivity contribution < 1.29 is 31.1 Å². The number of amides is 2. The Morgan fingerprint density at radius 2 is 1.00 bits per heavy atom. The second kappa shape index (κ2) is 15.6. The number of halogens is 6. The average Bonchev–Trinajstić information content (AvgIpc) is 3.03. The first-order valence-corrected chi connectivity index (χ1v) is 20.2. The van der Waals surface area contributed by atoms with Gasteiger partial charge in [0.2, 0.25) is 0 Å². The molecular weight excluding hydrogens is 675 g/mol. The van der Waals surface area contributed by atoms with E-state index in [1.165, 1.54) is 0 Å². The van der Waals surface area contributed by atoms with Crippen LogP contribution in [-0.2, 0) is 0 Å². The summed E-state index contributed by atoms with van der Waals surface area (Å²) in [5.74, 6) is -2.47. The Hall–Kier alpha value is -0.610. The third-order valence-electron chi connectivity index (χ3n) is 12.3. The zero-order valence-electron chi connectivity index (χ0n) is 27.7. The molecule has 2 saturated heterocycles. The monoisotopic (exact) mass is 728 g/mol. The maximum absolute atomic E-state index is 13.7. The number of hydrogen-bond donors (Lipinski definition) is 4. The first-order chi connectivity index (χ1) is 22.9. The maximum atomic E-state index is 13.7. The van der Waals surface area contributed by atoms with Gasteiger partial charge in [-0.25, -0.2) is 4.79 Å². The number of thioether (sulfide) groups is 2. The molecule has 0 spiro atoms. The zero-order valence-corrected chi connectivity index (χ0v) is 29.3. The summed E-state index contributed by atoms with van der Waals surface area (Å²) in [5, 5.41) is 7.35. The number of nitrogens with one attached hydrogen (secondary N) is 2. The van der Waals surface area contributed by atoms with Gasteiger partial charge in [0, 0.05) is 70.3 Å². The van der Waals surface area contributed by atoms with E-state index in [1.807, 2.05) is 23.5 Å². The molecule has 7 nitrogen and oxygen atoms in total. The molecule has 6 aliphatic rings. The Morgan fingerprint density at radius 1 is 0.583 bits per heavy atom. The summed E-state index contributed by atoms with van der Waals surface area (Å²) in [6.07, 6.45) is -0.0775. The van der Waals surface area contributed by atoms with Gasteiger partial charge < -0.3 is 22.1 Å². The van der Waals surface area contributed by atoms with Gasteiger partial charge in [-0.3, -0.25) is 9.80 Å². The number of hydrogen-bond acceptors (Lipinski definition) is 7. The predicted molar refractivity (Wildman–Crippen MR) is 180 cm³/mol. The van der Waals surface area contributed by atoms with Crippen LogP contribution in [-0.4, -0.2) is 112 Å². The normalized spacial score (nSPS) is 41.0. The number of rotatable bonds is 8. The quantitative estimate of drug-likeness (QED) is 0.233. The summed E-state index contributed by atoms with van der Waals surface area (Å²) >= 11 is 3.71. The number of carbonyl (C=O) groups is 1. The lowest BCUT2D eigenvalue weighted by atomic mass is 9.80. The highest BCUT2D eigenvalue weighted by atomic mass is 32.2. The second-order valence-electron chi connectivity index (χ2n) is 15.2. The minimum absolute atomic E-state index is 0.00916. The van der Waals surface area contributed by atoms with Crippen molar-refractivity contribution in [3.63, 3.8) is 0 Å². The topological polar surface area (TPSA) is 99.6 Å². The summed E-state index contributed by atoms with van der Waals surface area (Å²) in [6, 6.07) is 0.0915. The molecule has 6 N–H and O–H groups in total. The highest BCUT2D eigenvalue weighted by Crippen LogP contribution is 2.51. The predicted octanol–water partition coefficient (Wildman–Crippen LogP) is 5.86. The van der Waals surface area contributed by atoms with Crippen molar-refractivity contribution in [2.45, 2.75) is 159 Å². The molecule has 2 amide bonds. The molecule has 4 aliphatic carbocycles. The molecule has 0 aromatic carbocycles. The fraction of sp³-hybridized carbons (Fsp3) is 0.970. The Bertz CT molecular complexity index is 1010. The van der Waals surface area contributed by atoms with E-state index in [4.69, 9.17) is 11.5 Å². The van der Waals surface area contributed by atoms with E-state index in [0.29, 0.717) is 25.9 Å². The fourth-order valence-corrected chi connectivity index (χ4v) is 13.9. The second-order valence-corrected chi connectivity index (χ2v) is 18.2. The number of carbonyl (C=O) groups excluding carboxylic acids is 1. The molecule has 15 heteroatoms. The molecule has 276 valence electrons. The third-order valence-corrected chi connectivity index (χ3v) is 15.8. The molecule has 4 saturated carbocycles. The molecule has 2 heterocycles. The van der Waals surface area contributed by atoms with Crippen molar-refractivity contribution in [1.29, 1.82) is 0 Å². The fourth-order valence-electron chi connectivity index (χ4n) is 9.95. The smallest absolute Gasteiger partial charge is 0.335 e. The Labute approximate surface area is 289 Å². The van der Waals surface area contributed by atoms with Crippen LogP contribution in [0.4, 0.5) is 31.1 Å². The number of alkyl halides is 6. The zero-order chi connectivity index (χ0) is 34.2. The standard InChI is InChI=1S/C33H54F6N6OS2/c34-32(35,36)19-3-9-27-25(15-19)44(13-1-11-40)23-7-5-21(17-29(23)47-27)42-31(46)43-22-6-8-24-30(18-22)48-28-10-4-20(33(37,38)39)16-26(28)45(24)14-2-12-41/h19-30H,1-18,40-41H2,(H2,42,43,46). The number of fused-ring (bicyclic) bond motifs is 4. The van der Waals surface area contributed by atoms with Crippen LogP contribution in [0.5, 0.6) is 0 Å². The maximum Gasteiger partial charge on any atom is 0.391 e. The van der Waals surface area contributed by atoms with Crippen LogP contribution in [0.25, 0.3) is 0 Å². The van der Waals surface area contributed by atoms with Crippen LogP contribution in [0.2, 0.25) is 0 Å². The van der Waals surface area contributed by atoms with Gasteiger partial charge in [0.1, 0.15) is 0 Å². The highest BCUT2D eigenvalue weighted by Gasteiger charge is 2.54. The number of nitrogens with two attached hydrogens (primary N) is 2. The third kappa shape index (κ3) is 8.37. The SMILES string of the molecule is NCCCN1C2CCC(NC(=O)NC3CCC4C(C3)SC3CCC(C(F)(F)F)CC3N4CCCN)CC2SC2CCC(C(F)(F)F)CC21. The van der Waals surface area contributed by atoms with Crippen molar-refractivity contribution in [3.8, 4) is 0 Å². The van der Waals surface area contributed by atoms with Gasteiger partial charge in [-0.05, 0) is 103 Å². The van der Waals surface area contributed by atoms with Crippen LogP contribution < -0.4 is 22.1 Å². The van der Waals surface area contributed by atoms with Gasteiger partial charge in [-0.1, -0.05) is 0 Å². The van der Waals surface area contributed by atoms with E-state index < -0.39 is 24.2 Å². The largest absolute Gasteiger partial charge is 0.391 e. The van der Waals surface area contributed by atoms with Crippen LogP contribution >= 0.6 is 23.5 Å². The van der Waals surface area contributed by atoms with Crippen molar-refractivity contribution in [1.82, 2.24) is 20.4 Å². The summed E-state index contributed by atoms with van der Waals surface area (Å²) in [4.78, 5) is 18.0. The van der Waals surface area contributed by atoms with E-state index in [1.54, 1.807) is 0 Å². The summed E-state index contributed by atoms with van der Waals surface area (Å²) in [7, 11) is 0. The van der Waals surface area contributed by atoms with Gasteiger partial charge in [-0.15, -0.1) is 0 Å².